The molecule has 1 saturated heterocycles. The third-order valence-electron chi connectivity index (χ3n) is 4.85. The second-order valence-corrected chi connectivity index (χ2v) is 7.85. The highest BCUT2D eigenvalue weighted by Gasteiger charge is 2.33. The minimum Gasteiger partial charge on any atom is -0.331 e. The fourth-order valence-electron chi connectivity index (χ4n) is 3.22. The summed E-state index contributed by atoms with van der Waals surface area (Å²) < 4.78 is 0. The van der Waals surface area contributed by atoms with Crippen LogP contribution in [0, 0.1) is 0 Å². The lowest BCUT2D eigenvalue weighted by molar-refractivity contribution is -0.139. The predicted octanol–water partition coefficient (Wildman–Crippen LogP) is 3.20. The molecule has 26 heavy (non-hydrogen) atoms. The average Bonchev–Trinajstić information content (AvgIpc) is 3.28. The smallest absolute Gasteiger partial charge is 0.254 e. The molecule has 0 radical (unpaired) electrons. The largest absolute Gasteiger partial charge is 0.331 e. The lowest BCUT2D eigenvalue weighted by Crippen LogP contribution is -2.32. The SMILES string of the molecule is O=C1CCC(=O)N1Cc1ccc(C(=O)N(Cc2cccs2)C2CC2)cc1. The number of amides is 3. The standard InChI is InChI=1S/C20H20N2O3S/c23-18-9-10-19(24)22(18)12-14-3-5-15(6-4-14)20(25)21(16-7-8-16)13-17-2-1-11-26-17/h1-6,11,16H,7-10,12-13H2. The Balaban J connectivity index is 1.46. The van der Waals surface area contributed by atoms with Gasteiger partial charge in [-0.3, -0.25) is 19.3 Å². The number of likely N-dealkylation sites (tertiary alicyclic amines) is 1. The Labute approximate surface area is 156 Å². The molecule has 0 N–H and O–H groups in total. The van der Waals surface area contributed by atoms with Crippen molar-refractivity contribution in [3.63, 3.8) is 0 Å². The molecule has 4 rings (SSSR count). The Kier molecular flexibility index (Phi) is 4.59. The van der Waals surface area contributed by atoms with Gasteiger partial charge in [0.2, 0.25) is 11.8 Å². The number of nitrogens with zero attached hydrogens (tertiary/aromatic N) is 2. The van der Waals surface area contributed by atoms with Gasteiger partial charge in [-0.15, -0.1) is 11.3 Å². The maximum Gasteiger partial charge on any atom is 0.254 e. The van der Waals surface area contributed by atoms with Gasteiger partial charge in [0, 0.05) is 29.3 Å². The summed E-state index contributed by atoms with van der Waals surface area (Å²) in [5.74, 6) is -0.196. The predicted molar refractivity (Wildman–Crippen MR) is 98.4 cm³/mol. The molecule has 0 bridgehead atoms. The van der Waals surface area contributed by atoms with E-state index in [9.17, 15) is 14.4 Å². The lowest BCUT2D eigenvalue weighted by Gasteiger charge is -2.22. The van der Waals surface area contributed by atoms with Gasteiger partial charge >= 0.3 is 0 Å². The van der Waals surface area contributed by atoms with Crippen molar-refractivity contribution in [1.29, 1.82) is 0 Å². The Morgan fingerprint density at radius 2 is 1.77 bits per heavy atom. The van der Waals surface area contributed by atoms with Crippen LogP contribution in [0.4, 0.5) is 0 Å². The van der Waals surface area contributed by atoms with Gasteiger partial charge in [-0.2, -0.15) is 0 Å². The van der Waals surface area contributed by atoms with E-state index in [0.29, 0.717) is 31.0 Å². The molecule has 1 aliphatic heterocycles. The summed E-state index contributed by atoms with van der Waals surface area (Å²) in [6.45, 7) is 0.938. The minimum atomic E-state index is -0.119. The van der Waals surface area contributed by atoms with Crippen molar-refractivity contribution >= 4 is 29.1 Å². The number of thiophene rings is 1. The molecule has 5 nitrogen and oxygen atoms in total. The summed E-state index contributed by atoms with van der Waals surface area (Å²) >= 11 is 1.67. The number of carbonyl (C=O) groups is 3. The first-order valence-corrected chi connectivity index (χ1v) is 9.75. The highest BCUT2D eigenvalue weighted by atomic mass is 32.1. The molecule has 1 aromatic heterocycles. The third-order valence-corrected chi connectivity index (χ3v) is 5.71. The van der Waals surface area contributed by atoms with E-state index in [2.05, 4.69) is 6.07 Å². The van der Waals surface area contributed by atoms with E-state index in [4.69, 9.17) is 0 Å². The fraction of sp³-hybridized carbons (Fsp3) is 0.350. The molecule has 134 valence electrons. The Morgan fingerprint density at radius 3 is 2.35 bits per heavy atom. The summed E-state index contributed by atoms with van der Waals surface area (Å²) in [5.41, 5.74) is 1.51. The van der Waals surface area contributed by atoms with E-state index in [0.717, 1.165) is 18.4 Å². The van der Waals surface area contributed by atoms with Gasteiger partial charge in [0.15, 0.2) is 0 Å². The highest BCUT2D eigenvalue weighted by Crippen LogP contribution is 2.30. The maximum absolute atomic E-state index is 12.9. The average molecular weight is 368 g/mol. The van der Waals surface area contributed by atoms with Crippen molar-refractivity contribution in [2.45, 2.75) is 44.8 Å². The van der Waals surface area contributed by atoms with Gasteiger partial charge in [-0.25, -0.2) is 0 Å². The van der Waals surface area contributed by atoms with E-state index in [-0.39, 0.29) is 24.3 Å². The van der Waals surface area contributed by atoms with E-state index < -0.39 is 0 Å². The molecule has 6 heteroatoms. The zero-order chi connectivity index (χ0) is 18.1. The second kappa shape index (κ2) is 7.03. The molecule has 1 aromatic carbocycles. The molecule has 2 heterocycles. The summed E-state index contributed by atoms with van der Waals surface area (Å²) in [4.78, 5) is 40.8. The Hall–Kier alpha value is -2.47. The van der Waals surface area contributed by atoms with Crippen LogP contribution in [0.15, 0.2) is 41.8 Å². The molecule has 0 spiro atoms. The summed E-state index contributed by atoms with van der Waals surface area (Å²) in [6.07, 6.45) is 2.73. The zero-order valence-corrected chi connectivity index (χ0v) is 15.2. The normalized spacial score (nSPS) is 17.0. The zero-order valence-electron chi connectivity index (χ0n) is 14.4. The van der Waals surface area contributed by atoms with Crippen LogP contribution in [0.5, 0.6) is 0 Å². The molecule has 0 atom stereocenters. The molecule has 2 aliphatic rings. The molecule has 1 saturated carbocycles. The van der Waals surface area contributed by atoms with Gasteiger partial charge in [0.05, 0.1) is 13.1 Å². The van der Waals surface area contributed by atoms with Crippen LogP contribution >= 0.6 is 11.3 Å². The van der Waals surface area contributed by atoms with E-state index in [1.165, 1.54) is 9.78 Å². The highest BCUT2D eigenvalue weighted by molar-refractivity contribution is 7.09. The molecule has 1 aliphatic carbocycles. The monoisotopic (exact) mass is 368 g/mol. The van der Waals surface area contributed by atoms with Crippen LogP contribution in [0.25, 0.3) is 0 Å². The summed E-state index contributed by atoms with van der Waals surface area (Å²) in [5, 5.41) is 2.03. The van der Waals surface area contributed by atoms with Crippen molar-refractivity contribution in [1.82, 2.24) is 9.80 Å². The topological polar surface area (TPSA) is 57.7 Å². The van der Waals surface area contributed by atoms with E-state index in [1.807, 2.05) is 28.5 Å². The van der Waals surface area contributed by atoms with Gasteiger partial charge < -0.3 is 4.90 Å². The first-order chi connectivity index (χ1) is 12.6. The van der Waals surface area contributed by atoms with E-state index in [1.54, 1.807) is 23.5 Å². The molecular formula is C20H20N2O3S. The van der Waals surface area contributed by atoms with Crippen LogP contribution in [0.1, 0.15) is 46.5 Å². The summed E-state index contributed by atoms with van der Waals surface area (Å²) in [6, 6.07) is 11.7. The van der Waals surface area contributed by atoms with Crippen LogP contribution < -0.4 is 0 Å². The Bertz CT molecular complexity index is 809. The second-order valence-electron chi connectivity index (χ2n) is 6.81. The van der Waals surface area contributed by atoms with Gasteiger partial charge in [0.1, 0.15) is 0 Å². The first-order valence-electron chi connectivity index (χ1n) is 8.87. The number of imide groups is 1. The van der Waals surface area contributed by atoms with Gasteiger partial charge in [-0.1, -0.05) is 18.2 Å². The van der Waals surface area contributed by atoms with E-state index >= 15 is 0 Å². The van der Waals surface area contributed by atoms with Crippen LogP contribution in [0.3, 0.4) is 0 Å². The Morgan fingerprint density at radius 1 is 1.08 bits per heavy atom. The van der Waals surface area contributed by atoms with Crippen molar-refractivity contribution in [3.05, 3.63) is 57.8 Å². The molecule has 3 amide bonds. The van der Waals surface area contributed by atoms with Gasteiger partial charge in [0.25, 0.3) is 5.91 Å². The van der Waals surface area contributed by atoms with Crippen LogP contribution in [0.2, 0.25) is 0 Å². The number of rotatable bonds is 6. The maximum atomic E-state index is 12.9. The number of hydrogen-bond donors (Lipinski definition) is 0. The number of carbonyl (C=O) groups excluding carboxylic acids is 3. The molecular weight excluding hydrogens is 348 g/mol. The van der Waals surface area contributed by atoms with Crippen LogP contribution in [-0.2, 0) is 22.7 Å². The molecule has 0 unspecified atom stereocenters. The van der Waals surface area contributed by atoms with Gasteiger partial charge in [-0.05, 0) is 42.0 Å². The summed E-state index contributed by atoms with van der Waals surface area (Å²) in [7, 11) is 0. The number of hydrogen-bond acceptors (Lipinski definition) is 4. The quantitative estimate of drug-likeness (QED) is 0.736. The van der Waals surface area contributed by atoms with Crippen molar-refractivity contribution < 1.29 is 14.4 Å². The van der Waals surface area contributed by atoms with Crippen molar-refractivity contribution in [2.75, 3.05) is 0 Å². The van der Waals surface area contributed by atoms with Crippen molar-refractivity contribution in [2.24, 2.45) is 0 Å². The van der Waals surface area contributed by atoms with Crippen LogP contribution in [-0.4, -0.2) is 33.6 Å². The van der Waals surface area contributed by atoms with Crippen molar-refractivity contribution in [3.8, 4) is 0 Å². The minimum absolute atomic E-state index is 0.0424. The fourth-order valence-corrected chi connectivity index (χ4v) is 3.93. The number of benzene rings is 1. The third kappa shape index (κ3) is 3.55. The first kappa shape index (κ1) is 17.0. The lowest BCUT2D eigenvalue weighted by atomic mass is 10.1. The molecule has 2 fully saturated rings. The molecule has 2 aromatic rings.